The minimum Gasteiger partial charge on any atom is -0.377 e. The Morgan fingerprint density at radius 3 is 3.03 bits per heavy atom. The minimum absolute atomic E-state index is 0. The molecule has 1 aromatic heterocycles. The van der Waals surface area contributed by atoms with Crippen molar-refractivity contribution in [1.29, 1.82) is 5.26 Å². The van der Waals surface area contributed by atoms with Crippen LogP contribution in [0.2, 0.25) is 0 Å². The van der Waals surface area contributed by atoms with Crippen LogP contribution in [0.4, 0.5) is 4.39 Å². The van der Waals surface area contributed by atoms with Crippen LogP contribution in [0, 0.1) is 17.1 Å². The molecule has 0 fully saturated rings. The Bertz CT molecular complexity index is 893. The number of ether oxygens (including phenoxy) is 1. The number of nitrogens with one attached hydrogen (secondary N) is 2. The number of hydrogen-bond acceptors (Lipinski definition) is 5. The van der Waals surface area contributed by atoms with Gasteiger partial charge in [0, 0.05) is 31.7 Å². The van der Waals surface area contributed by atoms with E-state index in [0.29, 0.717) is 42.6 Å². The standard InChI is InChI=1S/C19H24FN7O.HI/c1-3-22-19(23-10-14-8-13(9-21)4-6-16(14)20)24-15-5-7-18-25-17(12-28-2)26-27(18)11-15;/h4,6,8,15H,3,5,7,10-12H2,1-2H3,(H2,22,23,24);1H. The van der Waals surface area contributed by atoms with Crippen molar-refractivity contribution in [3.8, 4) is 6.07 Å². The van der Waals surface area contributed by atoms with Crippen LogP contribution in [-0.4, -0.2) is 40.4 Å². The number of halogens is 2. The minimum atomic E-state index is -0.366. The van der Waals surface area contributed by atoms with Crippen molar-refractivity contribution in [2.45, 2.75) is 45.5 Å². The van der Waals surface area contributed by atoms with Crippen LogP contribution in [0.25, 0.3) is 0 Å². The molecule has 2 heterocycles. The van der Waals surface area contributed by atoms with Gasteiger partial charge in [-0.25, -0.2) is 19.0 Å². The highest BCUT2D eigenvalue weighted by Gasteiger charge is 2.22. The van der Waals surface area contributed by atoms with Crippen LogP contribution >= 0.6 is 24.0 Å². The molecule has 0 saturated heterocycles. The molecular formula is C19H25FIN7O. The molecule has 1 atom stereocenters. The fourth-order valence-electron chi connectivity index (χ4n) is 3.11. The molecule has 1 aliphatic rings. The zero-order valence-corrected chi connectivity index (χ0v) is 18.8. The van der Waals surface area contributed by atoms with E-state index in [1.54, 1.807) is 7.11 Å². The lowest BCUT2D eigenvalue weighted by Crippen LogP contribution is -2.47. The lowest BCUT2D eigenvalue weighted by molar-refractivity contribution is 0.177. The van der Waals surface area contributed by atoms with Gasteiger partial charge < -0.3 is 15.4 Å². The van der Waals surface area contributed by atoms with Crippen LogP contribution in [-0.2, 0) is 30.9 Å². The van der Waals surface area contributed by atoms with E-state index < -0.39 is 0 Å². The summed E-state index contributed by atoms with van der Waals surface area (Å²) in [5.41, 5.74) is 0.810. The van der Waals surface area contributed by atoms with Crippen molar-refractivity contribution in [2.75, 3.05) is 13.7 Å². The third-order valence-electron chi connectivity index (χ3n) is 4.44. The van der Waals surface area contributed by atoms with Gasteiger partial charge in [0.05, 0.1) is 24.7 Å². The molecule has 0 bridgehead atoms. The van der Waals surface area contributed by atoms with Crippen LogP contribution in [0.15, 0.2) is 23.2 Å². The summed E-state index contributed by atoms with van der Waals surface area (Å²) >= 11 is 0. The Balaban J connectivity index is 0.00000300. The van der Waals surface area contributed by atoms with E-state index in [2.05, 4.69) is 25.7 Å². The lowest BCUT2D eigenvalue weighted by Gasteiger charge is -2.25. The summed E-state index contributed by atoms with van der Waals surface area (Å²) in [5, 5.41) is 20.0. The quantitative estimate of drug-likeness (QED) is 0.349. The third-order valence-corrected chi connectivity index (χ3v) is 4.44. The number of aromatic nitrogens is 3. The second kappa shape index (κ2) is 11.1. The zero-order valence-electron chi connectivity index (χ0n) is 16.5. The SMILES string of the molecule is CCNC(=NCc1cc(C#N)ccc1F)NC1CCc2nc(COC)nn2C1.I. The van der Waals surface area contributed by atoms with E-state index in [1.165, 1.54) is 18.2 Å². The van der Waals surface area contributed by atoms with Gasteiger partial charge in [-0.05, 0) is 31.5 Å². The highest BCUT2D eigenvalue weighted by atomic mass is 127. The van der Waals surface area contributed by atoms with E-state index in [1.807, 2.05) is 17.7 Å². The Labute approximate surface area is 186 Å². The van der Waals surface area contributed by atoms with Crippen molar-refractivity contribution in [3.63, 3.8) is 0 Å². The van der Waals surface area contributed by atoms with Crippen molar-refractivity contribution >= 4 is 29.9 Å². The second-order valence-electron chi connectivity index (χ2n) is 6.55. The average Bonchev–Trinajstić information content (AvgIpc) is 3.09. The fourth-order valence-corrected chi connectivity index (χ4v) is 3.11. The summed E-state index contributed by atoms with van der Waals surface area (Å²) in [6.07, 6.45) is 1.71. The summed E-state index contributed by atoms with van der Waals surface area (Å²) in [6, 6.07) is 6.45. The Morgan fingerprint density at radius 1 is 1.48 bits per heavy atom. The molecule has 2 aromatic rings. The van der Waals surface area contributed by atoms with Gasteiger partial charge in [0.15, 0.2) is 11.8 Å². The molecule has 0 spiro atoms. The molecule has 1 aliphatic heterocycles. The van der Waals surface area contributed by atoms with Crippen molar-refractivity contribution in [1.82, 2.24) is 25.4 Å². The number of aliphatic imine (C=N–C) groups is 1. The summed E-state index contributed by atoms with van der Waals surface area (Å²) in [4.78, 5) is 8.96. The summed E-state index contributed by atoms with van der Waals surface area (Å²) < 4.78 is 21.0. The fraction of sp³-hybridized carbons (Fsp3) is 0.474. The molecule has 3 rings (SSSR count). The molecule has 156 valence electrons. The van der Waals surface area contributed by atoms with Crippen LogP contribution in [0.1, 0.15) is 36.1 Å². The van der Waals surface area contributed by atoms with E-state index in [9.17, 15) is 4.39 Å². The predicted molar refractivity (Wildman–Crippen MR) is 117 cm³/mol. The number of nitrogens with zero attached hydrogens (tertiary/aromatic N) is 5. The monoisotopic (exact) mass is 513 g/mol. The van der Waals surface area contributed by atoms with Gasteiger partial charge in [-0.1, -0.05) is 0 Å². The largest absolute Gasteiger partial charge is 0.377 e. The highest BCUT2D eigenvalue weighted by Crippen LogP contribution is 2.14. The molecule has 8 nitrogen and oxygen atoms in total. The number of benzene rings is 1. The molecule has 1 aromatic carbocycles. The molecule has 1 unspecified atom stereocenters. The maximum absolute atomic E-state index is 14.0. The number of fused-ring (bicyclic) bond motifs is 1. The smallest absolute Gasteiger partial charge is 0.191 e. The molecule has 0 amide bonds. The summed E-state index contributed by atoms with van der Waals surface area (Å²) in [6.45, 7) is 3.88. The van der Waals surface area contributed by atoms with Crippen molar-refractivity contribution < 1.29 is 9.13 Å². The summed E-state index contributed by atoms with van der Waals surface area (Å²) in [7, 11) is 1.62. The van der Waals surface area contributed by atoms with Gasteiger partial charge in [-0.3, -0.25) is 0 Å². The van der Waals surface area contributed by atoms with E-state index in [4.69, 9.17) is 10.00 Å². The normalized spacial score (nSPS) is 15.8. The van der Waals surface area contributed by atoms with E-state index in [-0.39, 0.29) is 42.4 Å². The number of nitriles is 1. The van der Waals surface area contributed by atoms with E-state index in [0.717, 1.165) is 18.7 Å². The highest BCUT2D eigenvalue weighted by molar-refractivity contribution is 14.0. The first kappa shape index (κ1) is 23.0. The third kappa shape index (κ3) is 6.11. The van der Waals surface area contributed by atoms with Crippen LogP contribution in [0.5, 0.6) is 0 Å². The number of methoxy groups -OCH3 is 1. The van der Waals surface area contributed by atoms with Crippen molar-refractivity contribution in [3.05, 3.63) is 46.8 Å². The van der Waals surface area contributed by atoms with Crippen LogP contribution < -0.4 is 10.6 Å². The van der Waals surface area contributed by atoms with Gasteiger partial charge in [-0.15, -0.1) is 24.0 Å². The average molecular weight is 513 g/mol. The molecule has 29 heavy (non-hydrogen) atoms. The summed E-state index contributed by atoms with van der Waals surface area (Å²) in [5.74, 6) is 1.89. The van der Waals surface area contributed by atoms with Gasteiger partial charge in [-0.2, -0.15) is 10.4 Å². The maximum atomic E-state index is 14.0. The first-order valence-corrected chi connectivity index (χ1v) is 9.27. The number of guanidine groups is 1. The molecular weight excluding hydrogens is 488 g/mol. The molecule has 0 aliphatic carbocycles. The zero-order chi connectivity index (χ0) is 19.9. The number of rotatable bonds is 6. The topological polar surface area (TPSA) is 100 Å². The van der Waals surface area contributed by atoms with Gasteiger partial charge in [0.25, 0.3) is 0 Å². The molecule has 2 N–H and O–H groups in total. The molecule has 10 heteroatoms. The van der Waals surface area contributed by atoms with E-state index >= 15 is 0 Å². The Kier molecular flexibility index (Phi) is 8.78. The van der Waals surface area contributed by atoms with Gasteiger partial charge in [0.1, 0.15) is 18.2 Å². The second-order valence-corrected chi connectivity index (χ2v) is 6.55. The number of hydrogen-bond donors (Lipinski definition) is 2. The van der Waals surface area contributed by atoms with Crippen LogP contribution in [0.3, 0.4) is 0 Å². The molecule has 0 radical (unpaired) electrons. The van der Waals surface area contributed by atoms with Gasteiger partial charge >= 0.3 is 0 Å². The van der Waals surface area contributed by atoms with Crippen molar-refractivity contribution in [2.24, 2.45) is 4.99 Å². The first-order valence-electron chi connectivity index (χ1n) is 9.27. The maximum Gasteiger partial charge on any atom is 0.191 e. The Morgan fingerprint density at radius 2 is 2.31 bits per heavy atom. The predicted octanol–water partition coefficient (Wildman–Crippen LogP) is 2.12. The number of aryl methyl sites for hydroxylation is 1. The Hall–Kier alpha value is -2.26. The van der Waals surface area contributed by atoms with Gasteiger partial charge in [0.2, 0.25) is 0 Å². The lowest BCUT2D eigenvalue weighted by atomic mass is 10.1. The first-order chi connectivity index (χ1) is 13.6. The molecule has 0 saturated carbocycles.